The van der Waals surface area contributed by atoms with Gasteiger partial charge in [-0.05, 0) is 42.1 Å². The maximum atomic E-state index is 12.7. The van der Waals surface area contributed by atoms with Crippen LogP contribution in [0.15, 0.2) is 61.2 Å². The highest BCUT2D eigenvalue weighted by molar-refractivity contribution is 6.36. The van der Waals surface area contributed by atoms with Gasteiger partial charge in [-0.25, -0.2) is 4.98 Å². The number of fused-ring (bicyclic) bond motifs is 1. The topological polar surface area (TPSA) is 88.3 Å². The summed E-state index contributed by atoms with van der Waals surface area (Å²) < 4.78 is 1.73. The van der Waals surface area contributed by atoms with Crippen LogP contribution in [0.5, 0.6) is 0 Å². The van der Waals surface area contributed by atoms with Gasteiger partial charge in [-0.15, -0.1) is 0 Å². The van der Waals surface area contributed by atoms with Crippen LogP contribution >= 0.6 is 0 Å². The molecule has 5 rings (SSSR count). The number of nitrogens with zero attached hydrogens (tertiary/aromatic N) is 6. The lowest BCUT2D eigenvalue weighted by atomic mass is 9.92. The van der Waals surface area contributed by atoms with Crippen LogP contribution in [-0.2, 0) is 6.54 Å². The molecule has 32 heavy (non-hydrogen) atoms. The van der Waals surface area contributed by atoms with Crippen molar-refractivity contribution < 1.29 is 4.79 Å². The lowest BCUT2D eigenvalue weighted by Gasteiger charge is -2.31. The molecule has 0 atom stereocenters. The minimum atomic E-state index is -0.0219. The Bertz CT molecular complexity index is 1220. The van der Waals surface area contributed by atoms with E-state index in [1.54, 1.807) is 29.2 Å². The number of hydrogen-bond donors (Lipinski definition) is 1. The molecule has 0 saturated carbocycles. The minimum Gasteiger partial charge on any atom is -0.366 e. The van der Waals surface area contributed by atoms with E-state index in [0.29, 0.717) is 36.4 Å². The molecule has 1 fully saturated rings. The normalized spacial score (nSPS) is 14.6. The number of nitrogens with one attached hydrogen (secondary N) is 1. The molecule has 1 N–H and O–H groups in total. The van der Waals surface area contributed by atoms with E-state index in [2.05, 4.69) is 20.4 Å². The molecular weight excluding hydrogens is 401 g/mol. The summed E-state index contributed by atoms with van der Waals surface area (Å²) in [5.41, 5.74) is 3.70. The van der Waals surface area contributed by atoms with E-state index in [0.717, 1.165) is 29.9 Å². The fraction of sp³-hybridized carbons (Fsp3) is 0.261. The van der Waals surface area contributed by atoms with Gasteiger partial charge in [0.25, 0.3) is 5.91 Å². The molecule has 2 radical (unpaired) electrons. The van der Waals surface area contributed by atoms with Crippen LogP contribution in [0.3, 0.4) is 0 Å². The molecule has 0 aliphatic carbocycles. The molecule has 1 aliphatic rings. The molecule has 1 aliphatic heterocycles. The molecule has 4 aromatic rings. The van der Waals surface area contributed by atoms with E-state index < -0.39 is 0 Å². The molecule has 4 aromatic heterocycles. The SMILES string of the molecule is [B]c1cnn2c(NCc3cccnc3)cc(C3CCN(C(=O)c4ccccn4)CC3)nc12. The summed E-state index contributed by atoms with van der Waals surface area (Å²) >= 11 is 0. The van der Waals surface area contributed by atoms with Crippen LogP contribution in [0.1, 0.15) is 40.5 Å². The van der Waals surface area contributed by atoms with Crippen LogP contribution < -0.4 is 10.8 Å². The Kier molecular flexibility index (Phi) is 5.54. The molecule has 8 nitrogen and oxygen atoms in total. The second-order valence-electron chi connectivity index (χ2n) is 7.90. The van der Waals surface area contributed by atoms with Gasteiger partial charge in [-0.2, -0.15) is 9.61 Å². The van der Waals surface area contributed by atoms with Crippen molar-refractivity contribution in [2.45, 2.75) is 25.3 Å². The zero-order chi connectivity index (χ0) is 21.9. The Labute approximate surface area is 187 Å². The number of amides is 1. The van der Waals surface area contributed by atoms with Crippen molar-refractivity contribution in [2.24, 2.45) is 0 Å². The first-order valence-electron chi connectivity index (χ1n) is 10.7. The summed E-state index contributed by atoms with van der Waals surface area (Å²) in [5, 5.41) is 7.81. The number of aromatic nitrogens is 5. The number of rotatable bonds is 5. The lowest BCUT2D eigenvalue weighted by Crippen LogP contribution is -2.38. The van der Waals surface area contributed by atoms with E-state index in [-0.39, 0.29) is 11.8 Å². The third kappa shape index (κ3) is 4.06. The average molecular weight is 423 g/mol. The van der Waals surface area contributed by atoms with Gasteiger partial charge in [-0.1, -0.05) is 12.1 Å². The largest absolute Gasteiger partial charge is 0.366 e. The molecular formula is C23H22BN7O. The molecule has 0 aromatic carbocycles. The van der Waals surface area contributed by atoms with Crippen molar-refractivity contribution in [3.8, 4) is 0 Å². The van der Waals surface area contributed by atoms with Crippen molar-refractivity contribution >= 4 is 30.7 Å². The maximum Gasteiger partial charge on any atom is 0.272 e. The first kappa shape index (κ1) is 20.2. The fourth-order valence-corrected chi connectivity index (χ4v) is 4.06. The van der Waals surface area contributed by atoms with Crippen LogP contribution in [0.25, 0.3) is 5.65 Å². The Balaban J connectivity index is 1.34. The molecule has 1 saturated heterocycles. The average Bonchev–Trinajstić information content (AvgIpc) is 3.24. The quantitative estimate of drug-likeness (QED) is 0.494. The van der Waals surface area contributed by atoms with E-state index in [1.807, 2.05) is 41.4 Å². The van der Waals surface area contributed by atoms with Gasteiger partial charge < -0.3 is 10.2 Å². The van der Waals surface area contributed by atoms with E-state index in [4.69, 9.17) is 12.8 Å². The number of carbonyl (C=O) groups excluding carboxylic acids is 1. The van der Waals surface area contributed by atoms with E-state index >= 15 is 0 Å². The van der Waals surface area contributed by atoms with Crippen molar-refractivity contribution in [3.05, 3.63) is 78.1 Å². The Morgan fingerprint density at radius 3 is 2.75 bits per heavy atom. The van der Waals surface area contributed by atoms with Crippen LogP contribution in [0.4, 0.5) is 5.82 Å². The molecule has 0 bridgehead atoms. The molecule has 158 valence electrons. The predicted octanol–water partition coefficient (Wildman–Crippen LogP) is 1.94. The standard InChI is InChI=1S/C23H22BN7O/c24-18-15-28-31-21(27-14-16-4-3-8-25-13-16)12-20(29-22(18)31)17-6-10-30(11-7-17)23(32)19-5-1-2-9-26-19/h1-5,8-9,12-13,15,17,27H,6-7,10-11,14H2. The summed E-state index contributed by atoms with van der Waals surface area (Å²) in [6.07, 6.45) is 8.52. The monoisotopic (exact) mass is 423 g/mol. The Morgan fingerprint density at radius 2 is 2.00 bits per heavy atom. The van der Waals surface area contributed by atoms with Gasteiger partial charge >= 0.3 is 0 Å². The number of anilines is 1. The van der Waals surface area contributed by atoms with Crippen molar-refractivity contribution in [1.82, 2.24) is 29.5 Å². The summed E-state index contributed by atoms with van der Waals surface area (Å²) in [6, 6.07) is 11.4. The van der Waals surface area contributed by atoms with Gasteiger partial charge in [0.15, 0.2) is 0 Å². The smallest absolute Gasteiger partial charge is 0.272 e. The van der Waals surface area contributed by atoms with Gasteiger partial charge in [0, 0.05) is 62.1 Å². The second-order valence-corrected chi connectivity index (χ2v) is 7.90. The zero-order valence-corrected chi connectivity index (χ0v) is 17.6. The maximum absolute atomic E-state index is 12.7. The van der Waals surface area contributed by atoms with Gasteiger partial charge in [0.2, 0.25) is 0 Å². The summed E-state index contributed by atoms with van der Waals surface area (Å²) in [4.78, 5) is 27.7. The third-order valence-corrected chi connectivity index (χ3v) is 5.80. The number of piperidine rings is 1. The Morgan fingerprint density at radius 1 is 1.12 bits per heavy atom. The highest BCUT2D eigenvalue weighted by Gasteiger charge is 2.26. The summed E-state index contributed by atoms with van der Waals surface area (Å²) in [6.45, 7) is 1.95. The van der Waals surface area contributed by atoms with Gasteiger partial charge in [0.1, 0.15) is 25.0 Å². The minimum absolute atomic E-state index is 0.0219. The summed E-state index contributed by atoms with van der Waals surface area (Å²) in [5.74, 6) is 1.05. The molecule has 5 heterocycles. The fourth-order valence-electron chi connectivity index (χ4n) is 4.06. The first-order valence-corrected chi connectivity index (χ1v) is 10.7. The van der Waals surface area contributed by atoms with Crippen LogP contribution in [-0.4, -0.2) is 56.3 Å². The van der Waals surface area contributed by atoms with Gasteiger partial charge in [-0.3, -0.25) is 14.8 Å². The van der Waals surface area contributed by atoms with Crippen LogP contribution in [0, 0.1) is 0 Å². The number of likely N-dealkylation sites (tertiary alicyclic amines) is 1. The lowest BCUT2D eigenvalue weighted by molar-refractivity contribution is 0.0706. The number of carbonyl (C=O) groups is 1. The molecule has 0 spiro atoms. The van der Waals surface area contributed by atoms with Crippen molar-refractivity contribution in [1.29, 1.82) is 0 Å². The number of pyridine rings is 2. The van der Waals surface area contributed by atoms with E-state index in [9.17, 15) is 4.79 Å². The summed E-state index contributed by atoms with van der Waals surface area (Å²) in [7, 11) is 6.13. The number of hydrogen-bond acceptors (Lipinski definition) is 6. The predicted molar refractivity (Wildman–Crippen MR) is 122 cm³/mol. The third-order valence-electron chi connectivity index (χ3n) is 5.80. The zero-order valence-electron chi connectivity index (χ0n) is 17.6. The molecule has 1 amide bonds. The molecule has 0 unspecified atom stereocenters. The second kappa shape index (κ2) is 8.78. The highest BCUT2D eigenvalue weighted by Crippen LogP contribution is 2.29. The Hall–Kier alpha value is -3.75. The molecule has 9 heteroatoms. The van der Waals surface area contributed by atoms with E-state index in [1.165, 1.54) is 0 Å². The van der Waals surface area contributed by atoms with Crippen LogP contribution in [0.2, 0.25) is 0 Å². The van der Waals surface area contributed by atoms with Gasteiger partial charge in [0.05, 0.1) is 0 Å². The first-order chi connectivity index (χ1) is 15.7. The van der Waals surface area contributed by atoms with Crippen molar-refractivity contribution in [2.75, 3.05) is 18.4 Å². The highest BCUT2D eigenvalue weighted by atomic mass is 16.2. The van der Waals surface area contributed by atoms with Crippen molar-refractivity contribution in [3.63, 3.8) is 0 Å².